The molecule has 4 heterocycles. The van der Waals surface area contributed by atoms with E-state index in [2.05, 4.69) is 46.4 Å². The lowest BCUT2D eigenvalue weighted by atomic mass is 9.80. The van der Waals surface area contributed by atoms with Crippen LogP contribution in [-0.4, -0.2) is 34.6 Å². The van der Waals surface area contributed by atoms with Gasteiger partial charge in [-0.05, 0) is 37.6 Å². The van der Waals surface area contributed by atoms with Crippen molar-refractivity contribution in [3.63, 3.8) is 0 Å². The van der Waals surface area contributed by atoms with Crippen molar-refractivity contribution in [1.82, 2.24) is 14.9 Å². The summed E-state index contributed by atoms with van der Waals surface area (Å²) in [6, 6.07) is 12.7. The first-order valence-corrected chi connectivity index (χ1v) is 10.2. The molecule has 2 aliphatic rings. The number of aromatic nitrogens is 2. The van der Waals surface area contributed by atoms with Crippen LogP contribution in [0.25, 0.3) is 0 Å². The zero-order valence-electron chi connectivity index (χ0n) is 16.7. The Kier molecular flexibility index (Phi) is 4.81. The fraction of sp³-hybridized carbons (Fsp3) is 0.391. The van der Waals surface area contributed by atoms with Crippen LogP contribution >= 0.6 is 0 Å². The van der Waals surface area contributed by atoms with E-state index in [9.17, 15) is 0 Å². The van der Waals surface area contributed by atoms with Crippen LogP contribution in [0.15, 0.2) is 53.3 Å². The minimum Gasteiger partial charge on any atom is -0.467 e. The summed E-state index contributed by atoms with van der Waals surface area (Å²) in [4.78, 5) is 11.9. The SMILES string of the molecule is Cc1ccc(CN2CC[C@@]3(COCc4cnc(NCc5ccco5)nc43)C2)cc1. The van der Waals surface area contributed by atoms with E-state index < -0.39 is 0 Å². The molecule has 1 aromatic carbocycles. The highest BCUT2D eigenvalue weighted by atomic mass is 16.5. The molecule has 6 nitrogen and oxygen atoms in total. The van der Waals surface area contributed by atoms with Gasteiger partial charge in [0.25, 0.3) is 0 Å². The number of hydrogen-bond acceptors (Lipinski definition) is 6. The van der Waals surface area contributed by atoms with E-state index in [0.29, 0.717) is 19.1 Å². The van der Waals surface area contributed by atoms with Crippen LogP contribution < -0.4 is 5.32 Å². The Hall–Kier alpha value is -2.70. The minimum atomic E-state index is -0.0532. The molecule has 0 radical (unpaired) electrons. The van der Waals surface area contributed by atoms with Gasteiger partial charge in [0.05, 0.1) is 37.1 Å². The average Bonchev–Trinajstić information content (AvgIpc) is 3.40. The van der Waals surface area contributed by atoms with Gasteiger partial charge in [-0.3, -0.25) is 4.90 Å². The van der Waals surface area contributed by atoms with E-state index in [1.165, 1.54) is 11.1 Å². The molecule has 5 rings (SSSR count). The molecule has 2 aliphatic heterocycles. The van der Waals surface area contributed by atoms with Crippen molar-refractivity contribution in [1.29, 1.82) is 0 Å². The summed E-state index contributed by atoms with van der Waals surface area (Å²) in [5, 5.41) is 3.29. The number of aryl methyl sites for hydroxylation is 1. The maximum absolute atomic E-state index is 5.96. The molecule has 0 aliphatic carbocycles. The Bertz CT molecular complexity index is 971. The van der Waals surface area contributed by atoms with Gasteiger partial charge >= 0.3 is 0 Å². The third kappa shape index (κ3) is 3.78. The second kappa shape index (κ2) is 7.61. The molecule has 150 valence electrons. The molecule has 3 aromatic rings. The van der Waals surface area contributed by atoms with E-state index in [1.807, 2.05) is 18.3 Å². The highest BCUT2D eigenvalue weighted by Crippen LogP contribution is 2.39. The fourth-order valence-electron chi connectivity index (χ4n) is 4.42. The number of ether oxygens (including phenoxy) is 1. The third-order valence-electron chi connectivity index (χ3n) is 5.96. The topological polar surface area (TPSA) is 63.4 Å². The van der Waals surface area contributed by atoms with Crippen molar-refractivity contribution in [2.45, 2.75) is 38.5 Å². The van der Waals surface area contributed by atoms with Gasteiger partial charge in [0.15, 0.2) is 0 Å². The van der Waals surface area contributed by atoms with Gasteiger partial charge in [0.1, 0.15) is 5.76 Å². The average molecular weight is 390 g/mol. The van der Waals surface area contributed by atoms with Crippen molar-refractivity contribution in [2.24, 2.45) is 0 Å². The first-order valence-electron chi connectivity index (χ1n) is 10.2. The van der Waals surface area contributed by atoms with Gasteiger partial charge in [0.2, 0.25) is 5.95 Å². The van der Waals surface area contributed by atoms with Gasteiger partial charge in [-0.15, -0.1) is 0 Å². The van der Waals surface area contributed by atoms with E-state index in [-0.39, 0.29) is 5.41 Å². The molecule has 0 bridgehead atoms. The monoisotopic (exact) mass is 390 g/mol. The normalized spacial score (nSPS) is 21.4. The number of furan rings is 1. The first kappa shape index (κ1) is 18.3. The lowest BCUT2D eigenvalue weighted by molar-refractivity contribution is 0.0503. The molecule has 1 fully saturated rings. The van der Waals surface area contributed by atoms with Crippen LogP contribution in [0.4, 0.5) is 5.95 Å². The van der Waals surface area contributed by atoms with Crippen LogP contribution in [0.1, 0.15) is 34.6 Å². The second-order valence-corrected chi connectivity index (χ2v) is 8.22. The zero-order valence-corrected chi connectivity index (χ0v) is 16.7. The zero-order chi connectivity index (χ0) is 19.7. The number of nitrogens with zero attached hydrogens (tertiary/aromatic N) is 3. The molecule has 29 heavy (non-hydrogen) atoms. The summed E-state index contributed by atoms with van der Waals surface area (Å²) in [5.41, 5.74) is 4.85. The number of fused-ring (bicyclic) bond motifs is 2. The highest BCUT2D eigenvalue weighted by molar-refractivity contribution is 5.37. The summed E-state index contributed by atoms with van der Waals surface area (Å²) in [5.74, 6) is 1.52. The van der Waals surface area contributed by atoms with Crippen LogP contribution in [0.2, 0.25) is 0 Å². The maximum atomic E-state index is 5.96. The molecular formula is C23H26N4O2. The second-order valence-electron chi connectivity index (χ2n) is 8.22. The number of nitrogens with one attached hydrogen (secondary N) is 1. The fourth-order valence-corrected chi connectivity index (χ4v) is 4.42. The van der Waals surface area contributed by atoms with Crippen LogP contribution in [0, 0.1) is 6.92 Å². The Morgan fingerprint density at radius 1 is 1.21 bits per heavy atom. The maximum Gasteiger partial charge on any atom is 0.223 e. The van der Waals surface area contributed by atoms with Crippen molar-refractivity contribution in [3.8, 4) is 0 Å². The van der Waals surface area contributed by atoms with Crippen molar-refractivity contribution in [3.05, 3.63) is 77.0 Å². The van der Waals surface area contributed by atoms with Gasteiger partial charge in [0, 0.05) is 24.8 Å². The molecule has 1 saturated heterocycles. The number of rotatable bonds is 5. The van der Waals surface area contributed by atoms with Gasteiger partial charge in [-0.2, -0.15) is 0 Å². The Labute approximate surface area is 170 Å². The molecule has 0 amide bonds. The Morgan fingerprint density at radius 2 is 2.10 bits per heavy atom. The molecular weight excluding hydrogens is 364 g/mol. The third-order valence-corrected chi connectivity index (χ3v) is 5.96. The minimum absolute atomic E-state index is 0.0532. The quantitative estimate of drug-likeness (QED) is 0.717. The highest BCUT2D eigenvalue weighted by Gasteiger charge is 2.44. The molecule has 1 spiro atoms. The predicted octanol–water partition coefficient (Wildman–Crippen LogP) is 3.66. The largest absolute Gasteiger partial charge is 0.467 e. The summed E-state index contributed by atoms with van der Waals surface area (Å²) in [6.07, 6.45) is 4.65. The summed E-state index contributed by atoms with van der Waals surface area (Å²) in [7, 11) is 0. The van der Waals surface area contributed by atoms with Crippen molar-refractivity contribution < 1.29 is 9.15 Å². The Morgan fingerprint density at radius 3 is 2.93 bits per heavy atom. The molecule has 2 aromatic heterocycles. The number of anilines is 1. The molecule has 0 saturated carbocycles. The van der Waals surface area contributed by atoms with Crippen LogP contribution in [0.5, 0.6) is 0 Å². The lowest BCUT2D eigenvalue weighted by Gasteiger charge is -2.34. The smallest absolute Gasteiger partial charge is 0.223 e. The standard InChI is InChI=1S/C23H26N4O2/c1-17-4-6-18(7-5-17)13-27-9-8-23(15-27)16-28-14-19-11-24-22(26-21(19)23)25-12-20-3-2-10-29-20/h2-7,10-11H,8-9,12-16H2,1H3,(H,24,25,26)/t23-/m0/s1. The van der Waals surface area contributed by atoms with Gasteiger partial charge < -0.3 is 14.5 Å². The predicted molar refractivity (Wildman–Crippen MR) is 110 cm³/mol. The van der Waals surface area contributed by atoms with E-state index in [0.717, 1.165) is 49.7 Å². The molecule has 1 atom stereocenters. The van der Waals surface area contributed by atoms with E-state index in [1.54, 1.807) is 6.26 Å². The summed E-state index contributed by atoms with van der Waals surface area (Å²) in [6.45, 7) is 6.99. The summed E-state index contributed by atoms with van der Waals surface area (Å²) >= 11 is 0. The summed E-state index contributed by atoms with van der Waals surface area (Å²) < 4.78 is 11.4. The number of hydrogen-bond donors (Lipinski definition) is 1. The van der Waals surface area contributed by atoms with Crippen LogP contribution in [-0.2, 0) is 29.8 Å². The van der Waals surface area contributed by atoms with Gasteiger partial charge in [-0.1, -0.05) is 29.8 Å². The van der Waals surface area contributed by atoms with Crippen molar-refractivity contribution in [2.75, 3.05) is 25.0 Å². The van der Waals surface area contributed by atoms with Gasteiger partial charge in [-0.25, -0.2) is 9.97 Å². The molecule has 1 N–H and O–H groups in total. The van der Waals surface area contributed by atoms with E-state index >= 15 is 0 Å². The first-order chi connectivity index (χ1) is 14.2. The molecule has 0 unspecified atom stereocenters. The van der Waals surface area contributed by atoms with E-state index in [4.69, 9.17) is 14.1 Å². The van der Waals surface area contributed by atoms with Crippen molar-refractivity contribution >= 4 is 5.95 Å². The lowest BCUT2D eigenvalue weighted by Crippen LogP contribution is -2.40. The Balaban J connectivity index is 1.33. The number of benzene rings is 1. The molecule has 6 heteroatoms. The number of likely N-dealkylation sites (tertiary alicyclic amines) is 1. The van der Waals surface area contributed by atoms with Crippen LogP contribution in [0.3, 0.4) is 0 Å².